The number of halogens is 3. The molecule has 1 fully saturated rings. The van der Waals surface area contributed by atoms with Gasteiger partial charge in [-0.3, -0.25) is 4.79 Å². The zero-order valence-electron chi connectivity index (χ0n) is 13.7. The molecule has 0 aromatic carbocycles. The van der Waals surface area contributed by atoms with Gasteiger partial charge in [0.15, 0.2) is 6.10 Å². The van der Waals surface area contributed by atoms with E-state index in [4.69, 9.17) is 9.47 Å². The summed E-state index contributed by atoms with van der Waals surface area (Å²) >= 11 is 0. The molecule has 0 saturated carbocycles. The van der Waals surface area contributed by atoms with E-state index in [2.05, 4.69) is 16.9 Å². The Bertz CT molecular complexity index is 651. The fourth-order valence-corrected chi connectivity index (χ4v) is 2.44. The molecule has 0 aliphatic carbocycles. The summed E-state index contributed by atoms with van der Waals surface area (Å²) < 4.78 is 47.8. The van der Waals surface area contributed by atoms with Gasteiger partial charge in [-0.25, -0.2) is 4.98 Å². The van der Waals surface area contributed by atoms with Crippen LogP contribution < -0.4 is 10.1 Å². The van der Waals surface area contributed by atoms with Crippen molar-refractivity contribution >= 4 is 17.7 Å². The SMILES string of the molecule is C=CC(=O)Nc1cnc(OC)c(/C=C/[C@@H]2CC[C@@H](C(F)(F)F)OC2)c1. The molecule has 5 nitrogen and oxygen atoms in total. The lowest BCUT2D eigenvalue weighted by atomic mass is 9.97. The van der Waals surface area contributed by atoms with Gasteiger partial charge in [-0.15, -0.1) is 0 Å². The van der Waals surface area contributed by atoms with Gasteiger partial charge in [0.2, 0.25) is 11.8 Å². The van der Waals surface area contributed by atoms with E-state index in [0.717, 1.165) is 6.08 Å². The molecular formula is C17H19F3N2O3. The average molecular weight is 356 g/mol. The van der Waals surface area contributed by atoms with Gasteiger partial charge in [0.1, 0.15) is 0 Å². The highest BCUT2D eigenvalue weighted by atomic mass is 19.4. The molecule has 1 saturated heterocycles. The first-order valence-corrected chi connectivity index (χ1v) is 7.67. The largest absolute Gasteiger partial charge is 0.481 e. The van der Waals surface area contributed by atoms with Gasteiger partial charge in [-0.05, 0) is 25.0 Å². The van der Waals surface area contributed by atoms with Crippen molar-refractivity contribution in [2.45, 2.75) is 25.1 Å². The van der Waals surface area contributed by atoms with Gasteiger partial charge in [0.25, 0.3) is 0 Å². The summed E-state index contributed by atoms with van der Waals surface area (Å²) in [6.07, 6.45) is 0.353. The number of hydrogen-bond donors (Lipinski definition) is 1. The number of aromatic nitrogens is 1. The number of hydrogen-bond acceptors (Lipinski definition) is 4. The summed E-state index contributed by atoms with van der Waals surface area (Å²) in [6.45, 7) is 3.37. The average Bonchev–Trinajstić information content (AvgIpc) is 2.59. The van der Waals surface area contributed by atoms with Gasteiger partial charge in [-0.1, -0.05) is 18.7 Å². The fourth-order valence-electron chi connectivity index (χ4n) is 2.44. The van der Waals surface area contributed by atoms with Gasteiger partial charge < -0.3 is 14.8 Å². The highest BCUT2D eigenvalue weighted by molar-refractivity contribution is 5.98. The lowest BCUT2D eigenvalue weighted by Gasteiger charge is -2.28. The predicted molar refractivity (Wildman–Crippen MR) is 87.2 cm³/mol. The van der Waals surface area contributed by atoms with Crippen LogP contribution in [0, 0.1) is 5.92 Å². The summed E-state index contributed by atoms with van der Waals surface area (Å²) in [6, 6.07) is 1.66. The van der Waals surface area contributed by atoms with E-state index in [-0.39, 0.29) is 24.9 Å². The first-order valence-electron chi connectivity index (χ1n) is 7.67. The van der Waals surface area contributed by atoms with Crippen LogP contribution in [0.15, 0.2) is 31.0 Å². The summed E-state index contributed by atoms with van der Waals surface area (Å²) in [5, 5.41) is 2.59. The minimum atomic E-state index is -4.32. The van der Waals surface area contributed by atoms with Gasteiger partial charge in [0, 0.05) is 11.5 Å². The number of methoxy groups -OCH3 is 1. The van der Waals surface area contributed by atoms with Crippen molar-refractivity contribution in [1.29, 1.82) is 0 Å². The smallest absolute Gasteiger partial charge is 0.414 e. The number of ether oxygens (including phenoxy) is 2. The minimum Gasteiger partial charge on any atom is -0.481 e. The lowest BCUT2D eigenvalue weighted by molar-refractivity contribution is -0.233. The quantitative estimate of drug-likeness (QED) is 0.819. The van der Waals surface area contributed by atoms with E-state index in [1.54, 1.807) is 18.2 Å². The van der Waals surface area contributed by atoms with Gasteiger partial charge in [0.05, 0.1) is 25.6 Å². The summed E-state index contributed by atoms with van der Waals surface area (Å²) in [7, 11) is 1.46. The number of nitrogens with one attached hydrogen (secondary N) is 1. The number of nitrogens with zero attached hydrogens (tertiary/aromatic N) is 1. The third-order valence-electron chi connectivity index (χ3n) is 3.75. The van der Waals surface area contributed by atoms with Crippen LogP contribution in [-0.2, 0) is 9.53 Å². The Balaban J connectivity index is 2.05. The molecule has 1 aliphatic heterocycles. The van der Waals surface area contributed by atoms with Crippen molar-refractivity contribution in [3.05, 3.63) is 36.6 Å². The van der Waals surface area contributed by atoms with Crippen molar-refractivity contribution in [1.82, 2.24) is 4.98 Å². The number of pyridine rings is 1. The standard InChI is InChI=1S/C17H19F3N2O3/c1-3-15(23)22-13-8-12(16(24-2)21-9-13)6-4-11-5-7-14(25-10-11)17(18,19)20/h3-4,6,8-9,11,14H,1,5,7,10H2,2H3,(H,22,23)/b6-4+/t11-,14+/m1/s1. The Hall–Kier alpha value is -2.35. The van der Waals surface area contributed by atoms with Crippen LogP contribution in [0.1, 0.15) is 18.4 Å². The maximum Gasteiger partial charge on any atom is 0.414 e. The molecular weight excluding hydrogens is 337 g/mol. The van der Waals surface area contributed by atoms with E-state index < -0.39 is 12.3 Å². The maximum atomic E-state index is 12.6. The molecule has 0 spiro atoms. The number of amides is 1. The first-order chi connectivity index (χ1) is 11.8. The Kier molecular flexibility index (Phi) is 6.19. The zero-order chi connectivity index (χ0) is 18.4. The zero-order valence-corrected chi connectivity index (χ0v) is 13.7. The molecule has 1 aliphatic rings. The predicted octanol–water partition coefficient (Wildman–Crippen LogP) is 3.59. The van der Waals surface area contributed by atoms with Crippen LogP contribution in [0.3, 0.4) is 0 Å². The highest BCUT2D eigenvalue weighted by Crippen LogP contribution is 2.32. The molecule has 0 radical (unpaired) electrons. The fraction of sp³-hybridized carbons (Fsp3) is 0.412. The molecule has 1 amide bonds. The van der Waals surface area contributed by atoms with E-state index in [1.165, 1.54) is 13.3 Å². The first kappa shape index (κ1) is 19.0. The topological polar surface area (TPSA) is 60.5 Å². The van der Waals surface area contributed by atoms with E-state index in [1.807, 2.05) is 0 Å². The summed E-state index contributed by atoms with van der Waals surface area (Å²) in [5.41, 5.74) is 1.06. The number of carbonyl (C=O) groups excluding carboxylic acids is 1. The molecule has 1 aromatic rings. The van der Waals surface area contributed by atoms with Crippen LogP contribution in [0.25, 0.3) is 6.08 Å². The Labute approximate surface area is 143 Å². The van der Waals surface area contributed by atoms with E-state index >= 15 is 0 Å². The van der Waals surface area contributed by atoms with Crippen molar-refractivity contribution < 1.29 is 27.4 Å². The second-order valence-corrected chi connectivity index (χ2v) is 5.58. The number of rotatable bonds is 5. The second kappa shape index (κ2) is 8.15. The van der Waals surface area contributed by atoms with Crippen LogP contribution >= 0.6 is 0 Å². The maximum absolute atomic E-state index is 12.6. The molecule has 2 rings (SSSR count). The summed E-state index contributed by atoms with van der Waals surface area (Å²) in [5.74, 6) is -0.159. The van der Waals surface area contributed by atoms with Crippen molar-refractivity contribution in [3.8, 4) is 5.88 Å². The molecule has 0 unspecified atom stereocenters. The van der Waals surface area contributed by atoms with Crippen molar-refractivity contribution in [2.75, 3.05) is 19.0 Å². The van der Waals surface area contributed by atoms with Crippen molar-refractivity contribution in [3.63, 3.8) is 0 Å². The molecule has 2 heterocycles. The Morgan fingerprint density at radius 1 is 1.48 bits per heavy atom. The van der Waals surface area contributed by atoms with Crippen molar-refractivity contribution in [2.24, 2.45) is 5.92 Å². The van der Waals surface area contributed by atoms with Crippen LogP contribution in [0.2, 0.25) is 0 Å². The third-order valence-corrected chi connectivity index (χ3v) is 3.75. The molecule has 1 N–H and O–H groups in total. The molecule has 136 valence electrons. The molecule has 8 heteroatoms. The Morgan fingerprint density at radius 3 is 2.80 bits per heavy atom. The molecule has 25 heavy (non-hydrogen) atoms. The number of anilines is 1. The van der Waals surface area contributed by atoms with Crippen LogP contribution in [0.4, 0.5) is 18.9 Å². The van der Waals surface area contributed by atoms with Gasteiger partial charge in [-0.2, -0.15) is 13.2 Å². The third kappa shape index (κ3) is 5.32. The van der Waals surface area contributed by atoms with E-state index in [0.29, 0.717) is 23.6 Å². The van der Waals surface area contributed by atoms with Crippen LogP contribution in [0.5, 0.6) is 5.88 Å². The van der Waals surface area contributed by atoms with Gasteiger partial charge >= 0.3 is 6.18 Å². The minimum absolute atomic E-state index is 0.00329. The molecule has 2 atom stereocenters. The summed E-state index contributed by atoms with van der Waals surface area (Å²) in [4.78, 5) is 15.4. The second-order valence-electron chi connectivity index (χ2n) is 5.58. The van der Waals surface area contributed by atoms with Crippen LogP contribution in [-0.4, -0.2) is 36.9 Å². The number of carbonyl (C=O) groups is 1. The Morgan fingerprint density at radius 2 is 2.24 bits per heavy atom. The van der Waals surface area contributed by atoms with E-state index in [9.17, 15) is 18.0 Å². The normalized spacial score (nSPS) is 21.1. The highest BCUT2D eigenvalue weighted by Gasteiger charge is 2.42. The molecule has 0 bridgehead atoms. The lowest BCUT2D eigenvalue weighted by Crippen LogP contribution is -2.37. The molecule has 1 aromatic heterocycles. The monoisotopic (exact) mass is 356 g/mol. The number of alkyl halides is 3.